The second-order valence-corrected chi connectivity index (χ2v) is 4.26. The number of aliphatic carboxylic acids is 1. The number of hydrogen-bond acceptors (Lipinski definition) is 2. The first-order valence-electron chi connectivity index (χ1n) is 4.03. The van der Waals surface area contributed by atoms with Crippen LogP contribution in [0.5, 0.6) is 0 Å². The summed E-state index contributed by atoms with van der Waals surface area (Å²) in [6, 6.07) is 2.06. The van der Waals surface area contributed by atoms with Gasteiger partial charge in [0.1, 0.15) is 0 Å². The Labute approximate surface area is 99.2 Å². The molecule has 0 heterocycles. The average Bonchev–Trinajstić information content (AvgIpc) is 2.12. The molecule has 6 heteroatoms. The second-order valence-electron chi connectivity index (χ2n) is 3.00. The third kappa shape index (κ3) is 3.15. The van der Waals surface area contributed by atoms with Crippen LogP contribution in [0.1, 0.15) is 18.0 Å². The summed E-state index contributed by atoms with van der Waals surface area (Å²) in [5, 5.41) is 8.46. The monoisotopic (exact) mass is 295 g/mol. The van der Waals surface area contributed by atoms with E-state index in [1.807, 2.05) is 0 Å². The summed E-state index contributed by atoms with van der Waals surface area (Å²) < 4.78 is 13.3. The number of hydrogen-bond donors (Lipinski definition) is 2. The lowest BCUT2D eigenvalue weighted by Gasteiger charge is -2.10. The average molecular weight is 297 g/mol. The Morgan fingerprint density at radius 2 is 2.27 bits per heavy atom. The van der Waals surface area contributed by atoms with Crippen molar-refractivity contribution in [3.05, 3.63) is 33.0 Å². The summed E-state index contributed by atoms with van der Waals surface area (Å²) in [5.74, 6) is -1.60. The molecule has 1 aromatic rings. The fourth-order valence-electron chi connectivity index (χ4n) is 1.10. The first-order chi connectivity index (χ1) is 6.91. The standard InChI is InChI=1S/C9H8BrClFNO2/c10-5-1-4(2-6(11)9(5)12)7(13)3-8(14)15/h1-2,7H,3,13H2,(H,14,15). The van der Waals surface area contributed by atoms with E-state index in [0.717, 1.165) is 0 Å². The number of carboxylic acid groups (broad SMARTS) is 1. The molecule has 15 heavy (non-hydrogen) atoms. The Kier molecular flexibility index (Phi) is 4.07. The summed E-state index contributed by atoms with van der Waals surface area (Å²) >= 11 is 8.56. The van der Waals surface area contributed by atoms with Crippen molar-refractivity contribution in [3.8, 4) is 0 Å². The second kappa shape index (κ2) is 4.92. The molecule has 1 aromatic carbocycles. The first-order valence-corrected chi connectivity index (χ1v) is 5.20. The minimum Gasteiger partial charge on any atom is -0.481 e. The number of benzene rings is 1. The van der Waals surface area contributed by atoms with Gasteiger partial charge in [-0.3, -0.25) is 4.79 Å². The summed E-state index contributed by atoms with van der Waals surface area (Å²) in [7, 11) is 0. The van der Waals surface area contributed by atoms with E-state index in [0.29, 0.717) is 5.56 Å². The zero-order valence-electron chi connectivity index (χ0n) is 7.51. The molecule has 0 fully saturated rings. The van der Waals surface area contributed by atoms with Gasteiger partial charge in [0.15, 0.2) is 5.82 Å². The highest BCUT2D eigenvalue weighted by atomic mass is 79.9. The van der Waals surface area contributed by atoms with Crippen molar-refractivity contribution in [1.82, 2.24) is 0 Å². The van der Waals surface area contributed by atoms with Gasteiger partial charge in [-0.15, -0.1) is 0 Å². The smallest absolute Gasteiger partial charge is 0.305 e. The van der Waals surface area contributed by atoms with Crippen molar-refractivity contribution in [2.24, 2.45) is 5.73 Å². The molecule has 0 aliphatic heterocycles. The molecule has 0 spiro atoms. The Hall–Kier alpha value is -0.650. The van der Waals surface area contributed by atoms with Crippen LogP contribution in [0.3, 0.4) is 0 Å². The van der Waals surface area contributed by atoms with Crippen LogP contribution >= 0.6 is 27.5 Å². The van der Waals surface area contributed by atoms with Gasteiger partial charge in [-0.05, 0) is 33.6 Å². The lowest BCUT2D eigenvalue weighted by atomic mass is 10.1. The molecule has 0 aromatic heterocycles. The van der Waals surface area contributed by atoms with Gasteiger partial charge < -0.3 is 10.8 Å². The van der Waals surface area contributed by atoms with Crippen molar-refractivity contribution in [3.63, 3.8) is 0 Å². The highest BCUT2D eigenvalue weighted by Gasteiger charge is 2.14. The number of rotatable bonds is 3. The largest absolute Gasteiger partial charge is 0.481 e. The van der Waals surface area contributed by atoms with E-state index in [1.54, 1.807) is 0 Å². The van der Waals surface area contributed by atoms with Crippen molar-refractivity contribution in [1.29, 1.82) is 0 Å². The molecule has 3 N–H and O–H groups in total. The lowest BCUT2D eigenvalue weighted by Crippen LogP contribution is -2.15. The van der Waals surface area contributed by atoms with E-state index in [4.69, 9.17) is 22.4 Å². The summed E-state index contributed by atoms with van der Waals surface area (Å²) in [6.45, 7) is 0. The molecule has 1 rings (SSSR count). The van der Waals surface area contributed by atoms with Crippen LogP contribution in [0.25, 0.3) is 0 Å². The molecule has 0 saturated carbocycles. The third-order valence-electron chi connectivity index (χ3n) is 1.83. The van der Waals surface area contributed by atoms with Gasteiger partial charge in [0.25, 0.3) is 0 Å². The van der Waals surface area contributed by atoms with E-state index < -0.39 is 17.8 Å². The van der Waals surface area contributed by atoms with Gasteiger partial charge in [-0.1, -0.05) is 11.6 Å². The third-order valence-corrected chi connectivity index (χ3v) is 2.68. The SMILES string of the molecule is NC(CC(=O)O)c1cc(Cl)c(F)c(Br)c1. The Bertz CT molecular complexity index is 377. The van der Waals surface area contributed by atoms with E-state index in [1.165, 1.54) is 12.1 Å². The minimum absolute atomic E-state index is 0.0831. The summed E-state index contributed by atoms with van der Waals surface area (Å²) in [6.07, 6.45) is -0.228. The van der Waals surface area contributed by atoms with Crippen LogP contribution in [0, 0.1) is 5.82 Å². The molecule has 0 bridgehead atoms. The van der Waals surface area contributed by atoms with Gasteiger partial charge in [-0.25, -0.2) is 4.39 Å². The van der Waals surface area contributed by atoms with E-state index in [2.05, 4.69) is 15.9 Å². The van der Waals surface area contributed by atoms with Gasteiger partial charge in [0, 0.05) is 6.04 Å². The number of nitrogens with two attached hydrogens (primary N) is 1. The maximum absolute atomic E-state index is 13.1. The maximum atomic E-state index is 13.1. The van der Waals surface area contributed by atoms with Crippen LogP contribution in [0.2, 0.25) is 5.02 Å². The zero-order chi connectivity index (χ0) is 11.6. The molecule has 1 atom stereocenters. The van der Waals surface area contributed by atoms with Gasteiger partial charge in [0.05, 0.1) is 15.9 Å². The molecule has 0 amide bonds. The fraction of sp³-hybridized carbons (Fsp3) is 0.222. The van der Waals surface area contributed by atoms with Gasteiger partial charge >= 0.3 is 5.97 Å². The quantitative estimate of drug-likeness (QED) is 0.843. The molecule has 0 aliphatic rings. The summed E-state index contributed by atoms with van der Waals surface area (Å²) in [5.41, 5.74) is 6.08. The molecule has 1 unspecified atom stereocenters. The fourth-order valence-corrected chi connectivity index (χ4v) is 1.92. The van der Waals surface area contributed by atoms with Crippen LogP contribution in [-0.2, 0) is 4.79 Å². The van der Waals surface area contributed by atoms with Crippen LogP contribution < -0.4 is 5.73 Å². The summed E-state index contributed by atoms with van der Waals surface area (Å²) in [4.78, 5) is 10.4. The van der Waals surface area contributed by atoms with Crippen molar-refractivity contribution in [2.75, 3.05) is 0 Å². The molecule has 0 saturated heterocycles. The molecular weight excluding hydrogens is 288 g/mol. The highest BCUT2D eigenvalue weighted by molar-refractivity contribution is 9.10. The Morgan fingerprint density at radius 1 is 1.67 bits per heavy atom. The van der Waals surface area contributed by atoms with Crippen molar-refractivity contribution >= 4 is 33.5 Å². The minimum atomic E-state index is -1.01. The topological polar surface area (TPSA) is 63.3 Å². The van der Waals surface area contributed by atoms with E-state index in [-0.39, 0.29) is 15.9 Å². The molecule has 3 nitrogen and oxygen atoms in total. The van der Waals surface area contributed by atoms with E-state index >= 15 is 0 Å². The van der Waals surface area contributed by atoms with Crippen molar-refractivity contribution in [2.45, 2.75) is 12.5 Å². The van der Waals surface area contributed by atoms with Gasteiger partial charge in [-0.2, -0.15) is 0 Å². The van der Waals surface area contributed by atoms with E-state index in [9.17, 15) is 9.18 Å². The maximum Gasteiger partial charge on any atom is 0.305 e. The van der Waals surface area contributed by atoms with Crippen LogP contribution in [-0.4, -0.2) is 11.1 Å². The normalized spacial score (nSPS) is 12.5. The van der Waals surface area contributed by atoms with Crippen molar-refractivity contribution < 1.29 is 14.3 Å². The molecule has 82 valence electrons. The van der Waals surface area contributed by atoms with Crippen LogP contribution in [0.15, 0.2) is 16.6 Å². The molecule has 0 aliphatic carbocycles. The van der Waals surface area contributed by atoms with Crippen LogP contribution in [0.4, 0.5) is 4.39 Å². The lowest BCUT2D eigenvalue weighted by molar-refractivity contribution is -0.137. The number of carboxylic acids is 1. The number of carbonyl (C=O) groups is 1. The number of halogens is 3. The predicted octanol–water partition coefficient (Wildman–Crippen LogP) is 2.72. The Morgan fingerprint density at radius 3 is 2.73 bits per heavy atom. The molecule has 0 radical (unpaired) electrons. The highest BCUT2D eigenvalue weighted by Crippen LogP contribution is 2.28. The first kappa shape index (κ1) is 12.4. The predicted molar refractivity (Wildman–Crippen MR) is 58.3 cm³/mol. The van der Waals surface area contributed by atoms with Gasteiger partial charge in [0.2, 0.25) is 0 Å². The molecular formula is C9H8BrClFNO2. The zero-order valence-corrected chi connectivity index (χ0v) is 9.85. The Balaban J connectivity index is 3.00.